The molecule has 0 radical (unpaired) electrons. The largest absolute Gasteiger partial charge is 0.381 e. The lowest BCUT2D eigenvalue weighted by Gasteiger charge is -2.43. The molecular formula is C15H26N4O2. The third-order valence-electron chi connectivity index (χ3n) is 4.57. The normalized spacial score (nSPS) is 25.3. The van der Waals surface area contributed by atoms with Crippen LogP contribution >= 0.6 is 0 Å². The molecule has 1 atom stereocenters. The monoisotopic (exact) mass is 294 g/mol. The van der Waals surface area contributed by atoms with E-state index in [9.17, 15) is 0 Å². The number of rotatable bonds is 5. The first kappa shape index (κ1) is 14.9. The van der Waals surface area contributed by atoms with Gasteiger partial charge >= 0.3 is 0 Å². The van der Waals surface area contributed by atoms with Crippen molar-refractivity contribution in [3.8, 4) is 0 Å². The van der Waals surface area contributed by atoms with E-state index in [-0.39, 0.29) is 5.60 Å². The van der Waals surface area contributed by atoms with E-state index in [0.29, 0.717) is 6.04 Å². The van der Waals surface area contributed by atoms with Crippen LogP contribution in [0.4, 0.5) is 0 Å². The summed E-state index contributed by atoms with van der Waals surface area (Å²) in [4.78, 5) is 4.42. The summed E-state index contributed by atoms with van der Waals surface area (Å²) in [6.45, 7) is 6.42. The smallest absolute Gasteiger partial charge is 0.141 e. The maximum atomic E-state index is 6.12. The van der Waals surface area contributed by atoms with Crippen LogP contribution in [0.5, 0.6) is 0 Å². The topological polar surface area (TPSA) is 61.2 Å². The maximum absolute atomic E-state index is 6.12. The first-order chi connectivity index (χ1) is 10.3. The van der Waals surface area contributed by atoms with E-state index in [4.69, 9.17) is 9.47 Å². The molecule has 2 fully saturated rings. The highest BCUT2D eigenvalue weighted by Gasteiger charge is 2.40. The lowest BCUT2D eigenvalue weighted by atomic mass is 9.84. The second-order valence-electron chi connectivity index (χ2n) is 6.09. The van der Waals surface area contributed by atoms with Gasteiger partial charge in [-0.1, -0.05) is 6.92 Å². The van der Waals surface area contributed by atoms with Crippen molar-refractivity contribution in [1.29, 1.82) is 0 Å². The van der Waals surface area contributed by atoms with Gasteiger partial charge in [-0.2, -0.15) is 5.10 Å². The fraction of sp³-hybridized carbons (Fsp3) is 0.867. The Balaban J connectivity index is 1.67. The number of hydrogen-bond donors (Lipinski definition) is 1. The molecule has 0 saturated carbocycles. The predicted octanol–water partition coefficient (Wildman–Crippen LogP) is 1.68. The minimum absolute atomic E-state index is 0.00122. The Labute approximate surface area is 126 Å². The van der Waals surface area contributed by atoms with Crippen LogP contribution in [0.1, 0.15) is 50.9 Å². The second-order valence-corrected chi connectivity index (χ2v) is 6.09. The third-order valence-corrected chi connectivity index (χ3v) is 4.57. The van der Waals surface area contributed by atoms with E-state index in [2.05, 4.69) is 27.0 Å². The molecule has 1 aromatic rings. The van der Waals surface area contributed by atoms with Gasteiger partial charge in [-0.15, -0.1) is 0 Å². The molecule has 1 spiro atoms. The van der Waals surface area contributed by atoms with Gasteiger partial charge in [-0.3, -0.25) is 0 Å². The summed E-state index contributed by atoms with van der Waals surface area (Å²) >= 11 is 0. The Morgan fingerprint density at radius 3 is 3.05 bits per heavy atom. The Bertz CT molecular complexity index is 437. The number of ether oxygens (including phenoxy) is 2. The average molecular weight is 294 g/mol. The Kier molecular flexibility index (Phi) is 4.87. The fourth-order valence-electron chi connectivity index (χ4n) is 3.39. The van der Waals surface area contributed by atoms with Crippen molar-refractivity contribution in [2.45, 2.75) is 57.2 Å². The summed E-state index contributed by atoms with van der Waals surface area (Å²) in [7, 11) is 0. The van der Waals surface area contributed by atoms with Crippen molar-refractivity contribution in [3.63, 3.8) is 0 Å². The van der Waals surface area contributed by atoms with Crippen molar-refractivity contribution < 1.29 is 9.47 Å². The van der Waals surface area contributed by atoms with Gasteiger partial charge in [0, 0.05) is 19.8 Å². The molecule has 1 N–H and O–H groups in total. The summed E-state index contributed by atoms with van der Waals surface area (Å²) in [5.41, 5.74) is 0.00122. The predicted molar refractivity (Wildman–Crippen MR) is 79.0 cm³/mol. The molecule has 2 saturated heterocycles. The number of nitrogens with zero attached hydrogens (tertiary/aromatic N) is 3. The first-order valence-electron chi connectivity index (χ1n) is 8.14. The Morgan fingerprint density at radius 2 is 2.24 bits per heavy atom. The molecule has 3 rings (SSSR count). The van der Waals surface area contributed by atoms with E-state index in [1.165, 1.54) is 0 Å². The molecule has 0 aromatic carbocycles. The molecule has 2 aliphatic rings. The van der Waals surface area contributed by atoms with E-state index in [1.807, 2.05) is 0 Å². The van der Waals surface area contributed by atoms with Crippen LogP contribution in [0, 0.1) is 0 Å². The summed E-state index contributed by atoms with van der Waals surface area (Å²) in [5, 5.41) is 7.89. The quantitative estimate of drug-likeness (QED) is 0.837. The van der Waals surface area contributed by atoms with Gasteiger partial charge in [0.15, 0.2) is 0 Å². The van der Waals surface area contributed by atoms with Crippen LogP contribution < -0.4 is 5.32 Å². The summed E-state index contributed by atoms with van der Waals surface area (Å²) in [6, 6.07) is 0.401. The molecule has 0 amide bonds. The molecule has 6 nitrogen and oxygen atoms in total. The molecule has 1 aromatic heterocycles. The summed E-state index contributed by atoms with van der Waals surface area (Å²) in [5.74, 6) is 1.04. The molecular weight excluding hydrogens is 268 g/mol. The zero-order valence-corrected chi connectivity index (χ0v) is 12.9. The maximum Gasteiger partial charge on any atom is 0.141 e. The lowest BCUT2D eigenvalue weighted by Crippen LogP contribution is -2.45. The molecule has 3 heterocycles. The fourth-order valence-corrected chi connectivity index (χ4v) is 3.39. The standard InChI is InChI=1S/C15H26N4O2/c1-2-6-16-11-14-17-12-18-19(14)13-3-7-21-15(10-13)4-8-20-9-5-15/h12-13,16H,2-11H2,1H3. The molecule has 0 aliphatic carbocycles. The van der Waals surface area contributed by atoms with Gasteiger partial charge in [-0.25, -0.2) is 9.67 Å². The zero-order chi connectivity index (χ0) is 14.5. The van der Waals surface area contributed by atoms with Gasteiger partial charge in [0.1, 0.15) is 12.2 Å². The third kappa shape index (κ3) is 3.44. The van der Waals surface area contributed by atoms with E-state index in [1.54, 1.807) is 6.33 Å². The second kappa shape index (κ2) is 6.85. The van der Waals surface area contributed by atoms with Crippen LogP contribution in [0.25, 0.3) is 0 Å². The van der Waals surface area contributed by atoms with Crippen molar-refractivity contribution in [2.75, 3.05) is 26.4 Å². The van der Waals surface area contributed by atoms with Gasteiger partial charge in [0.05, 0.1) is 18.2 Å². The molecule has 1 unspecified atom stereocenters. The van der Waals surface area contributed by atoms with Crippen LogP contribution in [0.15, 0.2) is 6.33 Å². The number of hydrogen-bond acceptors (Lipinski definition) is 5. The molecule has 21 heavy (non-hydrogen) atoms. The van der Waals surface area contributed by atoms with Crippen molar-refractivity contribution >= 4 is 0 Å². The highest BCUT2D eigenvalue weighted by molar-refractivity contribution is 4.95. The highest BCUT2D eigenvalue weighted by atomic mass is 16.5. The molecule has 118 valence electrons. The molecule has 0 bridgehead atoms. The van der Waals surface area contributed by atoms with Crippen molar-refractivity contribution in [1.82, 2.24) is 20.1 Å². The van der Waals surface area contributed by atoms with Crippen molar-refractivity contribution in [2.24, 2.45) is 0 Å². The average Bonchev–Trinajstić information content (AvgIpc) is 2.97. The van der Waals surface area contributed by atoms with Gasteiger partial charge in [0.2, 0.25) is 0 Å². The van der Waals surface area contributed by atoms with Gasteiger partial charge in [0.25, 0.3) is 0 Å². The van der Waals surface area contributed by atoms with E-state index >= 15 is 0 Å². The number of nitrogens with one attached hydrogen (secondary N) is 1. The molecule has 2 aliphatic heterocycles. The van der Waals surface area contributed by atoms with Crippen LogP contribution in [0.2, 0.25) is 0 Å². The van der Waals surface area contributed by atoms with Crippen LogP contribution in [-0.4, -0.2) is 46.7 Å². The van der Waals surface area contributed by atoms with Gasteiger partial charge in [-0.05, 0) is 38.6 Å². The van der Waals surface area contributed by atoms with E-state index in [0.717, 1.165) is 70.8 Å². The van der Waals surface area contributed by atoms with E-state index < -0.39 is 0 Å². The SMILES string of the molecule is CCCNCc1ncnn1C1CCOC2(CCOCC2)C1. The number of aromatic nitrogens is 3. The highest BCUT2D eigenvalue weighted by Crippen LogP contribution is 2.39. The summed E-state index contributed by atoms with van der Waals surface area (Å²) < 4.78 is 13.7. The minimum Gasteiger partial charge on any atom is -0.381 e. The van der Waals surface area contributed by atoms with Gasteiger partial charge < -0.3 is 14.8 Å². The zero-order valence-electron chi connectivity index (χ0n) is 12.9. The molecule has 6 heteroatoms. The minimum atomic E-state index is 0.00122. The lowest BCUT2D eigenvalue weighted by molar-refractivity contribution is -0.145. The van der Waals surface area contributed by atoms with Crippen LogP contribution in [-0.2, 0) is 16.0 Å². The Morgan fingerprint density at radius 1 is 1.38 bits per heavy atom. The van der Waals surface area contributed by atoms with Crippen molar-refractivity contribution in [3.05, 3.63) is 12.2 Å². The summed E-state index contributed by atoms with van der Waals surface area (Å²) in [6.07, 6.45) is 6.86. The first-order valence-corrected chi connectivity index (χ1v) is 8.14. The van der Waals surface area contributed by atoms with Crippen LogP contribution in [0.3, 0.4) is 0 Å². The Hall–Kier alpha value is -0.980.